The van der Waals surface area contributed by atoms with Gasteiger partial charge in [-0.1, -0.05) is 79.9 Å². The first-order chi connectivity index (χ1) is 16.3. The predicted octanol–water partition coefficient (Wildman–Crippen LogP) is 7.46. The normalized spacial score (nSPS) is 21.3. The van der Waals surface area contributed by atoms with Gasteiger partial charge in [-0.25, -0.2) is 4.79 Å². The van der Waals surface area contributed by atoms with Crippen molar-refractivity contribution in [2.24, 2.45) is 0 Å². The van der Waals surface area contributed by atoms with Crippen molar-refractivity contribution in [1.82, 2.24) is 0 Å². The van der Waals surface area contributed by atoms with Crippen molar-refractivity contribution in [1.29, 1.82) is 0 Å². The molecule has 2 heterocycles. The predicted molar refractivity (Wildman–Crippen MR) is 128 cm³/mol. The molecule has 0 N–H and O–H groups in total. The summed E-state index contributed by atoms with van der Waals surface area (Å²) < 4.78 is 13.0. The van der Waals surface area contributed by atoms with E-state index < -0.39 is 5.60 Å². The zero-order valence-electron chi connectivity index (χ0n) is 18.3. The minimum atomic E-state index is -1.01. The maximum absolute atomic E-state index is 13.1. The monoisotopic (exact) mass is 432 g/mol. The van der Waals surface area contributed by atoms with Gasteiger partial charge in [-0.3, -0.25) is 0 Å². The van der Waals surface area contributed by atoms with Crippen LogP contribution in [0.25, 0.3) is 10.8 Å². The lowest BCUT2D eigenvalue weighted by molar-refractivity contribution is 0.0229. The van der Waals surface area contributed by atoms with Gasteiger partial charge in [0.05, 0.1) is 11.1 Å². The summed E-state index contributed by atoms with van der Waals surface area (Å²) in [5, 5.41) is 2.14. The highest BCUT2D eigenvalue weighted by Crippen LogP contribution is 2.58. The number of hydrogen-bond acceptors (Lipinski definition) is 3. The summed E-state index contributed by atoms with van der Waals surface area (Å²) in [6.07, 6.45) is 6.35. The van der Waals surface area contributed by atoms with Gasteiger partial charge in [0.2, 0.25) is 0 Å². The third-order valence-corrected chi connectivity index (χ3v) is 7.70. The molecule has 33 heavy (non-hydrogen) atoms. The molecule has 7 rings (SSSR count). The van der Waals surface area contributed by atoms with Crippen LogP contribution in [0.15, 0.2) is 78.9 Å². The fourth-order valence-corrected chi connectivity index (χ4v) is 6.16. The summed E-state index contributed by atoms with van der Waals surface area (Å²) in [7, 11) is 0. The number of hydrogen-bond donors (Lipinski definition) is 0. The van der Waals surface area contributed by atoms with E-state index in [0.29, 0.717) is 11.5 Å². The average molecular weight is 433 g/mol. The molecule has 2 aliphatic heterocycles. The van der Waals surface area contributed by atoms with Crippen LogP contribution in [0.1, 0.15) is 70.6 Å². The Hall–Kier alpha value is -3.59. The van der Waals surface area contributed by atoms with Crippen molar-refractivity contribution in [3.63, 3.8) is 0 Å². The van der Waals surface area contributed by atoms with Crippen LogP contribution in [0.4, 0.5) is 0 Å². The molecule has 0 bridgehead atoms. The molecule has 3 nitrogen and oxygen atoms in total. The summed E-state index contributed by atoms with van der Waals surface area (Å²) >= 11 is 0. The summed E-state index contributed by atoms with van der Waals surface area (Å²) in [5.74, 6) is 1.84. The summed E-state index contributed by atoms with van der Waals surface area (Å²) in [4.78, 5) is 13.1. The molecule has 162 valence electrons. The van der Waals surface area contributed by atoms with Crippen molar-refractivity contribution in [2.45, 2.75) is 43.6 Å². The summed E-state index contributed by atoms with van der Waals surface area (Å²) in [5.41, 5.74) is 3.65. The molecule has 1 fully saturated rings. The van der Waals surface area contributed by atoms with Crippen LogP contribution in [0.3, 0.4) is 0 Å². The Morgan fingerprint density at radius 2 is 1.58 bits per heavy atom. The molecule has 0 radical (unpaired) electrons. The molecule has 1 spiro atoms. The van der Waals surface area contributed by atoms with E-state index in [9.17, 15) is 4.79 Å². The number of carbonyl (C=O) groups excluding carboxylic acids is 1. The summed E-state index contributed by atoms with van der Waals surface area (Å²) in [6, 6.07) is 26.7. The maximum atomic E-state index is 13.1. The molecule has 0 aromatic heterocycles. The Morgan fingerprint density at radius 3 is 2.48 bits per heavy atom. The van der Waals surface area contributed by atoms with Gasteiger partial charge in [0.1, 0.15) is 11.5 Å². The van der Waals surface area contributed by atoms with Gasteiger partial charge in [0, 0.05) is 11.1 Å². The Kier molecular flexibility index (Phi) is 3.99. The minimum absolute atomic E-state index is 0.284. The molecule has 4 aromatic rings. The van der Waals surface area contributed by atoms with Crippen LogP contribution < -0.4 is 4.74 Å². The van der Waals surface area contributed by atoms with Crippen LogP contribution in [-0.2, 0) is 10.3 Å². The highest BCUT2D eigenvalue weighted by molar-refractivity contribution is 5.99. The first-order valence-corrected chi connectivity index (χ1v) is 11.9. The first kappa shape index (κ1) is 18.9. The van der Waals surface area contributed by atoms with Crippen LogP contribution in [0.5, 0.6) is 11.5 Å². The highest BCUT2D eigenvalue weighted by atomic mass is 16.6. The topological polar surface area (TPSA) is 35.5 Å². The van der Waals surface area contributed by atoms with E-state index in [1.807, 2.05) is 42.5 Å². The second-order valence-electron chi connectivity index (χ2n) is 9.47. The number of benzene rings is 4. The molecule has 1 aliphatic carbocycles. The zero-order chi connectivity index (χ0) is 22.0. The molecule has 4 aromatic carbocycles. The summed E-state index contributed by atoms with van der Waals surface area (Å²) in [6.45, 7) is 0. The van der Waals surface area contributed by atoms with E-state index >= 15 is 0 Å². The van der Waals surface area contributed by atoms with E-state index in [4.69, 9.17) is 9.47 Å². The van der Waals surface area contributed by atoms with Crippen LogP contribution >= 0.6 is 0 Å². The van der Waals surface area contributed by atoms with Gasteiger partial charge in [-0.05, 0) is 53.3 Å². The Labute approximate surface area is 193 Å². The van der Waals surface area contributed by atoms with Crippen molar-refractivity contribution < 1.29 is 14.3 Å². The molecule has 3 aliphatic rings. The van der Waals surface area contributed by atoms with Gasteiger partial charge in [0.25, 0.3) is 0 Å². The van der Waals surface area contributed by atoms with Gasteiger partial charge in [0.15, 0.2) is 5.60 Å². The molecule has 0 amide bonds. The van der Waals surface area contributed by atoms with Crippen molar-refractivity contribution in [3.05, 3.63) is 107 Å². The smallest absolute Gasteiger partial charge is 0.340 e. The van der Waals surface area contributed by atoms with E-state index in [1.165, 1.54) is 37.7 Å². The Morgan fingerprint density at radius 1 is 0.758 bits per heavy atom. The SMILES string of the molecule is O=C1OC2(c3ccc(C4CCCCC4)cc3Oc3ccc4ccccc4c32)c2ccccc21. The van der Waals surface area contributed by atoms with Crippen LogP contribution in [0, 0.1) is 0 Å². The molecule has 1 atom stereocenters. The number of esters is 1. The number of carbonyl (C=O) groups is 1. The van der Waals surface area contributed by atoms with E-state index in [2.05, 4.69) is 36.4 Å². The average Bonchev–Trinajstić information content (AvgIpc) is 3.17. The fraction of sp³-hybridized carbons (Fsp3) is 0.233. The van der Waals surface area contributed by atoms with Crippen molar-refractivity contribution in [3.8, 4) is 11.5 Å². The zero-order valence-corrected chi connectivity index (χ0v) is 18.3. The molecular formula is C30H24O3. The van der Waals surface area contributed by atoms with Crippen molar-refractivity contribution >= 4 is 16.7 Å². The van der Waals surface area contributed by atoms with Gasteiger partial charge >= 0.3 is 5.97 Å². The number of fused-ring (bicyclic) bond motifs is 8. The second kappa shape index (κ2) is 6.95. The molecule has 1 unspecified atom stereocenters. The van der Waals surface area contributed by atoms with Gasteiger partial charge in [-0.2, -0.15) is 0 Å². The van der Waals surface area contributed by atoms with Gasteiger partial charge < -0.3 is 9.47 Å². The second-order valence-corrected chi connectivity index (χ2v) is 9.47. The minimum Gasteiger partial charge on any atom is -0.456 e. The third kappa shape index (κ3) is 2.59. The fourth-order valence-electron chi connectivity index (χ4n) is 6.16. The third-order valence-electron chi connectivity index (χ3n) is 7.70. The number of rotatable bonds is 1. The highest BCUT2D eigenvalue weighted by Gasteiger charge is 2.54. The maximum Gasteiger partial charge on any atom is 0.340 e. The van der Waals surface area contributed by atoms with E-state index in [0.717, 1.165) is 39.0 Å². The lowest BCUT2D eigenvalue weighted by Crippen LogP contribution is -2.33. The lowest BCUT2D eigenvalue weighted by Gasteiger charge is -2.38. The molecule has 3 heteroatoms. The molecule has 1 saturated carbocycles. The van der Waals surface area contributed by atoms with Gasteiger partial charge in [-0.15, -0.1) is 0 Å². The molecular weight excluding hydrogens is 408 g/mol. The van der Waals surface area contributed by atoms with E-state index in [-0.39, 0.29) is 5.97 Å². The lowest BCUT2D eigenvalue weighted by atomic mass is 9.75. The Balaban J connectivity index is 1.53. The molecule has 0 saturated heterocycles. The van der Waals surface area contributed by atoms with Crippen LogP contribution in [0.2, 0.25) is 0 Å². The van der Waals surface area contributed by atoms with Crippen LogP contribution in [-0.4, -0.2) is 5.97 Å². The van der Waals surface area contributed by atoms with Crippen molar-refractivity contribution in [2.75, 3.05) is 0 Å². The first-order valence-electron chi connectivity index (χ1n) is 11.9. The quantitative estimate of drug-likeness (QED) is 0.293. The standard InChI is InChI=1S/C30H24O3/c31-29-23-12-6-7-13-24(23)30(33-29)25-16-14-21(19-8-2-1-3-9-19)18-27(25)32-26-17-15-20-10-4-5-11-22(20)28(26)30/h4-7,10-19H,1-3,8-9H2. The van der Waals surface area contributed by atoms with E-state index in [1.54, 1.807) is 0 Å². The largest absolute Gasteiger partial charge is 0.456 e. The number of ether oxygens (including phenoxy) is 2. The Bertz CT molecular complexity index is 1430.